The SMILES string of the molecule is CC(=O)N1CCC(NC(=O)Nc2ccc(Cl)cc2)(C(=O)Nc2ccc(N3CCCCC3=O)cc2F)C1. The Balaban J connectivity index is 1.51. The van der Waals surface area contributed by atoms with E-state index in [2.05, 4.69) is 16.0 Å². The van der Waals surface area contributed by atoms with Gasteiger partial charge in [0.15, 0.2) is 0 Å². The highest BCUT2D eigenvalue weighted by molar-refractivity contribution is 6.30. The number of likely N-dealkylation sites (tertiary alicyclic amines) is 1. The molecule has 1 atom stereocenters. The molecule has 2 fully saturated rings. The molecule has 0 bridgehead atoms. The number of amides is 5. The van der Waals surface area contributed by atoms with E-state index in [1.807, 2.05) is 0 Å². The predicted molar refractivity (Wildman–Crippen MR) is 134 cm³/mol. The minimum absolute atomic E-state index is 0.0653. The number of nitrogens with one attached hydrogen (secondary N) is 3. The minimum atomic E-state index is -1.48. The second-order valence-corrected chi connectivity index (χ2v) is 9.42. The highest BCUT2D eigenvalue weighted by Crippen LogP contribution is 2.28. The number of rotatable bonds is 5. The van der Waals surface area contributed by atoms with Gasteiger partial charge in [0.25, 0.3) is 5.91 Å². The number of nitrogens with zero attached hydrogens (tertiary/aromatic N) is 2. The maximum Gasteiger partial charge on any atom is 0.320 e. The first-order valence-electron chi connectivity index (χ1n) is 11.7. The summed E-state index contributed by atoms with van der Waals surface area (Å²) in [6, 6.07) is 9.95. The molecular formula is C25H27ClFN5O4. The molecular weight excluding hydrogens is 489 g/mol. The molecule has 2 aromatic carbocycles. The van der Waals surface area contributed by atoms with Crippen LogP contribution in [0.5, 0.6) is 0 Å². The van der Waals surface area contributed by atoms with Crippen LogP contribution in [-0.4, -0.2) is 53.8 Å². The summed E-state index contributed by atoms with van der Waals surface area (Å²) in [5.41, 5.74) is -0.679. The molecule has 190 valence electrons. The van der Waals surface area contributed by atoms with Gasteiger partial charge in [0, 0.05) is 42.8 Å². The molecule has 3 N–H and O–H groups in total. The zero-order valence-electron chi connectivity index (χ0n) is 19.8. The lowest BCUT2D eigenvalue weighted by Crippen LogP contribution is -2.59. The number of benzene rings is 2. The van der Waals surface area contributed by atoms with Crippen molar-refractivity contribution < 1.29 is 23.6 Å². The molecule has 11 heteroatoms. The monoisotopic (exact) mass is 515 g/mol. The van der Waals surface area contributed by atoms with Crippen molar-refractivity contribution in [1.29, 1.82) is 0 Å². The third-order valence-electron chi connectivity index (χ3n) is 6.44. The van der Waals surface area contributed by atoms with Gasteiger partial charge in [0.2, 0.25) is 11.8 Å². The first-order chi connectivity index (χ1) is 17.2. The molecule has 36 heavy (non-hydrogen) atoms. The van der Waals surface area contributed by atoms with Crippen LogP contribution in [0.4, 0.5) is 26.2 Å². The molecule has 0 spiro atoms. The lowest BCUT2D eigenvalue weighted by atomic mass is 9.97. The van der Waals surface area contributed by atoms with Crippen molar-refractivity contribution in [2.45, 2.75) is 38.1 Å². The lowest BCUT2D eigenvalue weighted by molar-refractivity contribution is -0.128. The summed E-state index contributed by atoms with van der Waals surface area (Å²) in [5, 5.41) is 8.38. The van der Waals surface area contributed by atoms with E-state index < -0.39 is 23.3 Å². The van der Waals surface area contributed by atoms with Crippen molar-refractivity contribution in [3.8, 4) is 0 Å². The normalized spacial score (nSPS) is 19.7. The van der Waals surface area contributed by atoms with Gasteiger partial charge in [0.1, 0.15) is 11.4 Å². The third-order valence-corrected chi connectivity index (χ3v) is 6.69. The van der Waals surface area contributed by atoms with Crippen LogP contribution in [0, 0.1) is 5.82 Å². The van der Waals surface area contributed by atoms with Crippen molar-refractivity contribution >= 4 is 52.4 Å². The van der Waals surface area contributed by atoms with Crippen LogP contribution < -0.4 is 20.9 Å². The van der Waals surface area contributed by atoms with Crippen LogP contribution >= 0.6 is 11.6 Å². The Hall–Kier alpha value is -3.66. The molecule has 1 unspecified atom stereocenters. The Labute approximate surface area is 213 Å². The molecule has 2 saturated heterocycles. The maximum absolute atomic E-state index is 15.0. The third kappa shape index (κ3) is 5.59. The van der Waals surface area contributed by atoms with Gasteiger partial charge >= 0.3 is 6.03 Å². The van der Waals surface area contributed by atoms with Gasteiger partial charge in [-0.05, 0) is 61.7 Å². The fourth-order valence-corrected chi connectivity index (χ4v) is 4.56. The first kappa shape index (κ1) is 25.4. The van der Waals surface area contributed by atoms with E-state index in [0.717, 1.165) is 12.8 Å². The topological polar surface area (TPSA) is 111 Å². The number of carbonyl (C=O) groups is 4. The molecule has 0 radical (unpaired) electrons. The summed E-state index contributed by atoms with van der Waals surface area (Å²) in [6.45, 7) is 2.08. The summed E-state index contributed by atoms with van der Waals surface area (Å²) in [5.74, 6) is -1.67. The Morgan fingerprint density at radius 3 is 2.42 bits per heavy atom. The molecule has 0 aromatic heterocycles. The van der Waals surface area contributed by atoms with E-state index in [-0.39, 0.29) is 37.0 Å². The highest BCUT2D eigenvalue weighted by Gasteiger charge is 2.47. The number of hydrogen-bond acceptors (Lipinski definition) is 4. The predicted octanol–water partition coefficient (Wildman–Crippen LogP) is 3.75. The van der Waals surface area contributed by atoms with Crippen LogP contribution in [0.15, 0.2) is 42.5 Å². The smallest absolute Gasteiger partial charge is 0.320 e. The van der Waals surface area contributed by atoms with Crippen LogP contribution in [0.25, 0.3) is 0 Å². The Morgan fingerprint density at radius 2 is 1.78 bits per heavy atom. The first-order valence-corrected chi connectivity index (χ1v) is 12.1. The van der Waals surface area contributed by atoms with Crippen molar-refractivity contribution in [3.63, 3.8) is 0 Å². The van der Waals surface area contributed by atoms with Crippen LogP contribution in [0.3, 0.4) is 0 Å². The molecule has 2 aliphatic heterocycles. The number of piperidine rings is 1. The van der Waals surface area contributed by atoms with Gasteiger partial charge in [-0.25, -0.2) is 9.18 Å². The van der Waals surface area contributed by atoms with Crippen LogP contribution in [0.2, 0.25) is 5.02 Å². The summed E-state index contributed by atoms with van der Waals surface area (Å²) in [7, 11) is 0. The molecule has 0 aliphatic carbocycles. The van der Waals surface area contributed by atoms with Gasteiger partial charge in [-0.2, -0.15) is 0 Å². The lowest BCUT2D eigenvalue weighted by Gasteiger charge is -2.30. The molecule has 5 amide bonds. The van der Waals surface area contributed by atoms with Crippen LogP contribution in [-0.2, 0) is 14.4 Å². The molecule has 0 saturated carbocycles. The second kappa shape index (κ2) is 10.5. The van der Waals surface area contributed by atoms with Crippen LogP contribution in [0.1, 0.15) is 32.6 Å². The number of carbonyl (C=O) groups excluding carboxylic acids is 4. The fourth-order valence-electron chi connectivity index (χ4n) is 4.43. The highest BCUT2D eigenvalue weighted by atomic mass is 35.5. The van der Waals surface area contributed by atoms with E-state index in [1.165, 1.54) is 28.9 Å². The molecule has 2 aliphatic rings. The van der Waals surface area contributed by atoms with E-state index in [1.54, 1.807) is 30.3 Å². The average Bonchev–Trinajstić information content (AvgIpc) is 3.28. The largest absolute Gasteiger partial charge is 0.340 e. The molecule has 4 rings (SSSR count). The van der Waals surface area contributed by atoms with Gasteiger partial charge < -0.3 is 25.8 Å². The van der Waals surface area contributed by atoms with E-state index >= 15 is 0 Å². The van der Waals surface area contributed by atoms with E-state index in [4.69, 9.17) is 11.6 Å². The zero-order chi connectivity index (χ0) is 25.9. The van der Waals surface area contributed by atoms with Gasteiger partial charge in [-0.3, -0.25) is 14.4 Å². The Kier molecular flexibility index (Phi) is 7.44. The molecule has 9 nitrogen and oxygen atoms in total. The minimum Gasteiger partial charge on any atom is -0.340 e. The van der Waals surface area contributed by atoms with Crippen molar-refractivity contribution in [3.05, 3.63) is 53.3 Å². The fraction of sp³-hybridized carbons (Fsp3) is 0.360. The summed E-state index contributed by atoms with van der Waals surface area (Å²) < 4.78 is 15.0. The van der Waals surface area contributed by atoms with Gasteiger partial charge in [0.05, 0.1) is 12.2 Å². The number of hydrogen-bond donors (Lipinski definition) is 3. The summed E-state index contributed by atoms with van der Waals surface area (Å²) in [6.07, 6.45) is 2.21. The Bertz CT molecular complexity index is 1190. The summed E-state index contributed by atoms with van der Waals surface area (Å²) >= 11 is 5.88. The van der Waals surface area contributed by atoms with Crippen molar-refractivity contribution in [1.82, 2.24) is 10.2 Å². The zero-order valence-corrected chi connectivity index (χ0v) is 20.5. The van der Waals surface area contributed by atoms with Gasteiger partial charge in [-0.1, -0.05) is 11.6 Å². The average molecular weight is 516 g/mol. The van der Waals surface area contributed by atoms with E-state index in [0.29, 0.717) is 29.4 Å². The van der Waals surface area contributed by atoms with E-state index in [9.17, 15) is 23.6 Å². The second-order valence-electron chi connectivity index (χ2n) is 8.98. The standard InChI is InChI=1S/C25H27ClFN5O4/c1-16(33)31-13-11-25(15-31,30-24(36)28-18-7-5-17(26)6-8-18)23(35)29-21-10-9-19(14-20(21)27)32-12-3-2-4-22(32)34/h5-10,14H,2-4,11-13,15H2,1H3,(H,29,35)(H2,28,30,36). The van der Waals surface area contributed by atoms with Crippen molar-refractivity contribution in [2.24, 2.45) is 0 Å². The summed E-state index contributed by atoms with van der Waals surface area (Å²) in [4.78, 5) is 53.2. The molecule has 2 aromatic rings. The molecule has 2 heterocycles. The number of halogens is 2. The van der Waals surface area contributed by atoms with Crippen molar-refractivity contribution in [2.75, 3.05) is 35.2 Å². The number of anilines is 3. The quantitative estimate of drug-likeness (QED) is 0.563. The Morgan fingerprint density at radius 1 is 1.03 bits per heavy atom. The number of urea groups is 1. The maximum atomic E-state index is 15.0. The van der Waals surface area contributed by atoms with Gasteiger partial charge in [-0.15, -0.1) is 0 Å².